The second kappa shape index (κ2) is 6.40. The molecule has 3 heteroatoms. The fraction of sp³-hybridized carbons (Fsp3) is 0.625. The van der Waals surface area contributed by atoms with Crippen molar-refractivity contribution >= 4 is 0 Å². The lowest BCUT2D eigenvalue weighted by Gasteiger charge is -2.35. The van der Waals surface area contributed by atoms with Crippen LogP contribution in [0.2, 0.25) is 0 Å². The molecule has 2 unspecified atom stereocenters. The smallest absolute Gasteiger partial charge is 0.122 e. The maximum absolute atomic E-state index is 6.08. The minimum atomic E-state index is 0.401. The number of nitrogens with zero attached hydrogens (tertiary/aromatic N) is 1. The first-order chi connectivity index (χ1) is 9.15. The Morgan fingerprint density at radius 2 is 2.26 bits per heavy atom. The molecule has 0 radical (unpaired) electrons. The Balaban J connectivity index is 2.27. The molecule has 2 atom stereocenters. The third-order valence-electron chi connectivity index (χ3n) is 4.27. The molecule has 1 aliphatic heterocycles. The highest BCUT2D eigenvalue weighted by Gasteiger charge is 2.28. The number of hydrogen-bond donors (Lipinski definition) is 1. The number of methoxy groups -OCH3 is 1. The summed E-state index contributed by atoms with van der Waals surface area (Å²) in [5.41, 5.74) is 8.64. The summed E-state index contributed by atoms with van der Waals surface area (Å²) in [6.07, 6.45) is 2.54. The summed E-state index contributed by atoms with van der Waals surface area (Å²) in [4.78, 5) is 2.42. The highest BCUT2D eigenvalue weighted by atomic mass is 16.5. The van der Waals surface area contributed by atoms with Crippen molar-refractivity contribution in [2.24, 2.45) is 11.7 Å². The van der Waals surface area contributed by atoms with Crippen LogP contribution in [0.15, 0.2) is 18.2 Å². The zero-order chi connectivity index (χ0) is 13.8. The largest absolute Gasteiger partial charge is 0.496 e. The second-order valence-electron chi connectivity index (χ2n) is 5.75. The zero-order valence-electron chi connectivity index (χ0n) is 12.4. The summed E-state index contributed by atoms with van der Waals surface area (Å²) in [7, 11) is 3.95. The van der Waals surface area contributed by atoms with Crippen molar-refractivity contribution < 1.29 is 4.74 Å². The first-order valence-corrected chi connectivity index (χ1v) is 7.19. The fourth-order valence-corrected chi connectivity index (χ4v) is 3.25. The van der Waals surface area contributed by atoms with E-state index in [0.29, 0.717) is 18.4 Å². The molecular formula is C16H26N2O. The van der Waals surface area contributed by atoms with Crippen molar-refractivity contribution in [3.8, 4) is 5.75 Å². The van der Waals surface area contributed by atoms with Gasteiger partial charge in [-0.05, 0) is 57.5 Å². The normalized spacial score (nSPS) is 22.2. The van der Waals surface area contributed by atoms with Crippen LogP contribution in [0.25, 0.3) is 0 Å². The van der Waals surface area contributed by atoms with Crippen LogP contribution in [0.1, 0.15) is 29.9 Å². The Hall–Kier alpha value is -1.06. The molecule has 19 heavy (non-hydrogen) atoms. The Morgan fingerprint density at radius 3 is 2.89 bits per heavy atom. The molecule has 0 aliphatic carbocycles. The molecule has 3 nitrogen and oxygen atoms in total. The zero-order valence-corrected chi connectivity index (χ0v) is 12.4. The van der Waals surface area contributed by atoms with Crippen molar-refractivity contribution in [3.63, 3.8) is 0 Å². The van der Waals surface area contributed by atoms with E-state index in [1.807, 2.05) is 0 Å². The molecule has 1 aromatic carbocycles. The molecular weight excluding hydrogens is 236 g/mol. The molecule has 106 valence electrons. The molecule has 2 rings (SSSR count). The van der Waals surface area contributed by atoms with Gasteiger partial charge >= 0.3 is 0 Å². The molecule has 1 aromatic rings. The lowest BCUT2D eigenvalue weighted by molar-refractivity contribution is 0.187. The minimum Gasteiger partial charge on any atom is -0.496 e. The summed E-state index contributed by atoms with van der Waals surface area (Å²) in [5, 5.41) is 0. The number of ether oxygens (including phenoxy) is 1. The van der Waals surface area contributed by atoms with E-state index in [2.05, 4.69) is 37.1 Å². The van der Waals surface area contributed by atoms with Crippen LogP contribution < -0.4 is 10.5 Å². The molecule has 1 aliphatic rings. The van der Waals surface area contributed by atoms with Crippen molar-refractivity contribution in [1.82, 2.24) is 4.90 Å². The third kappa shape index (κ3) is 3.28. The van der Waals surface area contributed by atoms with Gasteiger partial charge in [-0.1, -0.05) is 17.7 Å². The van der Waals surface area contributed by atoms with Crippen LogP contribution in [-0.2, 0) is 0 Å². The fourth-order valence-electron chi connectivity index (χ4n) is 3.25. The van der Waals surface area contributed by atoms with Gasteiger partial charge in [-0.25, -0.2) is 0 Å². The number of piperidine rings is 1. The van der Waals surface area contributed by atoms with Crippen LogP contribution >= 0.6 is 0 Å². The minimum absolute atomic E-state index is 0.401. The van der Waals surface area contributed by atoms with Gasteiger partial charge < -0.3 is 15.4 Å². The van der Waals surface area contributed by atoms with Gasteiger partial charge in [0.1, 0.15) is 5.75 Å². The summed E-state index contributed by atoms with van der Waals surface area (Å²) >= 11 is 0. The van der Waals surface area contributed by atoms with Gasteiger partial charge in [-0.2, -0.15) is 0 Å². The van der Waals surface area contributed by atoms with Gasteiger partial charge in [0.05, 0.1) is 7.11 Å². The Morgan fingerprint density at radius 1 is 1.47 bits per heavy atom. The lowest BCUT2D eigenvalue weighted by atomic mass is 9.80. The van der Waals surface area contributed by atoms with Crippen molar-refractivity contribution in [1.29, 1.82) is 0 Å². The lowest BCUT2D eigenvalue weighted by Crippen LogP contribution is -2.37. The molecule has 0 bridgehead atoms. The molecule has 1 saturated heterocycles. The van der Waals surface area contributed by atoms with Gasteiger partial charge in [0.25, 0.3) is 0 Å². The monoisotopic (exact) mass is 262 g/mol. The van der Waals surface area contributed by atoms with E-state index < -0.39 is 0 Å². The van der Waals surface area contributed by atoms with Crippen molar-refractivity contribution in [2.45, 2.75) is 25.7 Å². The molecule has 0 aromatic heterocycles. The van der Waals surface area contributed by atoms with Gasteiger partial charge in [-0.15, -0.1) is 0 Å². The van der Waals surface area contributed by atoms with Crippen LogP contribution in [-0.4, -0.2) is 38.7 Å². The van der Waals surface area contributed by atoms with Gasteiger partial charge in [0.2, 0.25) is 0 Å². The van der Waals surface area contributed by atoms with E-state index >= 15 is 0 Å². The number of aryl methyl sites for hydroxylation is 1. The van der Waals surface area contributed by atoms with Gasteiger partial charge in [0.15, 0.2) is 0 Å². The average Bonchev–Trinajstić information content (AvgIpc) is 2.40. The van der Waals surface area contributed by atoms with Crippen LogP contribution in [0, 0.1) is 12.8 Å². The quantitative estimate of drug-likeness (QED) is 0.905. The second-order valence-corrected chi connectivity index (χ2v) is 5.75. The van der Waals surface area contributed by atoms with Gasteiger partial charge in [0, 0.05) is 12.5 Å². The standard InChI is InChI=1S/C16H26N2O/c1-12-6-7-16(19-3)14(9-12)15(10-17)13-5-4-8-18(2)11-13/h6-7,9,13,15H,4-5,8,10-11,17H2,1-3H3. The highest BCUT2D eigenvalue weighted by molar-refractivity contribution is 5.40. The van der Waals surface area contributed by atoms with Crippen LogP contribution in [0.4, 0.5) is 0 Å². The average molecular weight is 262 g/mol. The molecule has 0 amide bonds. The first-order valence-electron chi connectivity index (χ1n) is 7.19. The number of nitrogens with two attached hydrogens (primary N) is 1. The summed E-state index contributed by atoms with van der Waals surface area (Å²) in [5.74, 6) is 2.02. The van der Waals surface area contributed by atoms with E-state index in [4.69, 9.17) is 10.5 Å². The van der Waals surface area contributed by atoms with E-state index in [1.165, 1.54) is 30.5 Å². The molecule has 0 spiro atoms. The van der Waals surface area contributed by atoms with E-state index in [9.17, 15) is 0 Å². The van der Waals surface area contributed by atoms with Gasteiger partial charge in [-0.3, -0.25) is 0 Å². The molecule has 0 saturated carbocycles. The Bertz CT molecular complexity index is 419. The number of rotatable bonds is 4. The highest BCUT2D eigenvalue weighted by Crippen LogP contribution is 2.36. The Labute approximate surface area is 116 Å². The number of hydrogen-bond acceptors (Lipinski definition) is 3. The van der Waals surface area contributed by atoms with Crippen LogP contribution in [0.3, 0.4) is 0 Å². The van der Waals surface area contributed by atoms with Crippen molar-refractivity contribution in [3.05, 3.63) is 29.3 Å². The summed E-state index contributed by atoms with van der Waals surface area (Å²) < 4.78 is 5.53. The topological polar surface area (TPSA) is 38.5 Å². The van der Waals surface area contributed by atoms with E-state index in [1.54, 1.807) is 7.11 Å². The molecule has 1 heterocycles. The predicted octanol–water partition coefficient (Wildman–Crippen LogP) is 2.39. The predicted molar refractivity (Wildman–Crippen MR) is 79.7 cm³/mol. The first kappa shape index (κ1) is 14.4. The number of likely N-dealkylation sites (tertiary alicyclic amines) is 1. The van der Waals surface area contributed by atoms with Crippen molar-refractivity contribution in [2.75, 3.05) is 33.8 Å². The van der Waals surface area contributed by atoms with E-state index in [-0.39, 0.29) is 0 Å². The summed E-state index contributed by atoms with van der Waals surface area (Å²) in [6.45, 7) is 5.17. The SMILES string of the molecule is COc1ccc(C)cc1C(CN)C1CCCN(C)C1. The maximum Gasteiger partial charge on any atom is 0.122 e. The Kier molecular flexibility index (Phi) is 4.83. The third-order valence-corrected chi connectivity index (χ3v) is 4.27. The molecule has 1 fully saturated rings. The maximum atomic E-state index is 6.08. The van der Waals surface area contributed by atoms with E-state index in [0.717, 1.165) is 12.3 Å². The van der Waals surface area contributed by atoms with Crippen LogP contribution in [0.5, 0.6) is 5.75 Å². The molecule has 2 N–H and O–H groups in total. The summed E-state index contributed by atoms with van der Waals surface area (Å²) in [6, 6.07) is 6.41. The number of benzene rings is 1.